The van der Waals surface area contributed by atoms with E-state index in [1.165, 1.54) is 6.33 Å². The summed E-state index contributed by atoms with van der Waals surface area (Å²) in [6, 6.07) is 0. The molecule has 1 aliphatic rings. The number of aromatic nitrogens is 4. The number of hydrogen-bond donors (Lipinski definition) is 2. The van der Waals surface area contributed by atoms with E-state index in [9.17, 15) is 10.2 Å². The van der Waals surface area contributed by atoms with Gasteiger partial charge in [0.1, 0.15) is 18.7 Å². The summed E-state index contributed by atoms with van der Waals surface area (Å²) in [6.07, 6.45) is 1.94. The summed E-state index contributed by atoms with van der Waals surface area (Å²) in [5.41, 5.74) is 1.39. The number of imidazole rings is 1. The van der Waals surface area contributed by atoms with Gasteiger partial charge in [-0.25, -0.2) is 9.97 Å². The van der Waals surface area contributed by atoms with Crippen LogP contribution in [-0.2, 0) is 4.74 Å². The van der Waals surface area contributed by atoms with Crippen molar-refractivity contribution in [2.45, 2.75) is 24.9 Å². The first-order valence-electron chi connectivity index (χ1n) is 6.85. The monoisotopic (exact) mass is 294 g/mol. The number of hydrogen-bond acceptors (Lipinski definition) is 6. The zero-order valence-electron chi connectivity index (χ0n) is 12.3. The minimum atomic E-state index is -0.683. The Morgan fingerprint density at radius 1 is 1.33 bits per heavy atom. The molecule has 2 aromatic rings. The normalized spacial score (nSPS) is 26.6. The molecular weight excluding hydrogens is 274 g/mol. The molecule has 114 valence electrons. The predicted octanol–water partition coefficient (Wildman–Crippen LogP) is -0.336. The van der Waals surface area contributed by atoms with Crippen molar-refractivity contribution in [3.63, 3.8) is 0 Å². The summed E-state index contributed by atoms with van der Waals surface area (Å²) in [5.74, 6) is 0.816. The van der Waals surface area contributed by atoms with Crippen LogP contribution in [0.15, 0.2) is 12.7 Å². The molecule has 8 heteroatoms. The second-order valence-corrected chi connectivity index (χ2v) is 6.15. The highest BCUT2D eigenvalue weighted by Gasteiger charge is 2.36. The molecular formula is C13H20N5O3+. The van der Waals surface area contributed by atoms with Gasteiger partial charge < -0.3 is 14.9 Å². The van der Waals surface area contributed by atoms with E-state index in [1.807, 2.05) is 21.1 Å². The highest BCUT2D eigenvalue weighted by molar-refractivity contribution is 5.81. The molecule has 3 atom stereocenters. The standard InChI is InChI=1S/C13H20N5O3/c1-18(2,3)13-11-12(14-6-15-13)17(7-16-11)10-4-8(20)9(5-19)21-10/h6-10,19-20H,4-5H2,1-3H3/q+1. The lowest BCUT2D eigenvalue weighted by atomic mass is 10.2. The van der Waals surface area contributed by atoms with Gasteiger partial charge in [0.05, 0.1) is 40.2 Å². The zero-order chi connectivity index (χ0) is 15.2. The molecule has 8 nitrogen and oxygen atoms in total. The summed E-state index contributed by atoms with van der Waals surface area (Å²) in [7, 11) is 6.04. The molecule has 21 heavy (non-hydrogen) atoms. The molecule has 0 aliphatic carbocycles. The molecule has 0 amide bonds. The first-order valence-corrected chi connectivity index (χ1v) is 6.85. The molecule has 1 saturated heterocycles. The molecule has 0 bridgehead atoms. The van der Waals surface area contributed by atoms with Gasteiger partial charge in [0.2, 0.25) is 0 Å². The maximum absolute atomic E-state index is 9.86. The fourth-order valence-electron chi connectivity index (χ4n) is 2.59. The van der Waals surface area contributed by atoms with Crippen molar-refractivity contribution >= 4 is 17.0 Å². The van der Waals surface area contributed by atoms with Crippen LogP contribution in [0.3, 0.4) is 0 Å². The van der Waals surface area contributed by atoms with Crippen LogP contribution in [0, 0.1) is 0 Å². The number of aliphatic hydroxyl groups excluding tert-OH is 2. The largest absolute Gasteiger partial charge is 0.394 e. The molecule has 0 spiro atoms. The van der Waals surface area contributed by atoms with Crippen molar-refractivity contribution in [2.75, 3.05) is 27.7 Å². The van der Waals surface area contributed by atoms with Crippen molar-refractivity contribution in [3.05, 3.63) is 12.7 Å². The highest BCUT2D eigenvalue weighted by Crippen LogP contribution is 2.32. The Kier molecular flexibility index (Phi) is 3.40. The molecule has 1 aliphatic heterocycles. The lowest BCUT2D eigenvalue weighted by Gasteiger charge is -2.21. The van der Waals surface area contributed by atoms with Crippen LogP contribution in [0.2, 0.25) is 0 Å². The van der Waals surface area contributed by atoms with E-state index in [4.69, 9.17) is 4.74 Å². The Morgan fingerprint density at radius 2 is 2.10 bits per heavy atom. The number of nitrogens with zero attached hydrogens (tertiary/aromatic N) is 5. The molecule has 3 rings (SSSR count). The van der Waals surface area contributed by atoms with Crippen LogP contribution in [0.25, 0.3) is 11.2 Å². The van der Waals surface area contributed by atoms with Crippen LogP contribution < -0.4 is 4.48 Å². The first-order chi connectivity index (χ1) is 9.91. The predicted molar refractivity (Wildman–Crippen MR) is 76.5 cm³/mol. The van der Waals surface area contributed by atoms with Crippen molar-refractivity contribution in [3.8, 4) is 0 Å². The summed E-state index contributed by atoms with van der Waals surface area (Å²) in [6.45, 7) is -0.205. The van der Waals surface area contributed by atoms with Gasteiger partial charge in [-0.2, -0.15) is 4.98 Å². The molecule has 3 heterocycles. The van der Waals surface area contributed by atoms with Gasteiger partial charge in [0.15, 0.2) is 11.2 Å². The molecule has 1 fully saturated rings. The maximum Gasteiger partial charge on any atom is 0.258 e. The second kappa shape index (κ2) is 4.99. The Labute approximate surface area is 122 Å². The average Bonchev–Trinajstić information content (AvgIpc) is 3.00. The van der Waals surface area contributed by atoms with E-state index in [2.05, 4.69) is 15.0 Å². The summed E-state index contributed by atoms with van der Waals surface area (Å²) >= 11 is 0. The van der Waals surface area contributed by atoms with E-state index in [0.29, 0.717) is 16.6 Å². The number of rotatable bonds is 3. The van der Waals surface area contributed by atoms with E-state index in [0.717, 1.165) is 11.3 Å². The molecule has 0 radical (unpaired) electrons. The van der Waals surface area contributed by atoms with Gasteiger partial charge >= 0.3 is 0 Å². The smallest absolute Gasteiger partial charge is 0.258 e. The zero-order valence-corrected chi connectivity index (χ0v) is 12.3. The van der Waals surface area contributed by atoms with Gasteiger partial charge in [-0.05, 0) is 0 Å². The maximum atomic E-state index is 9.86. The van der Waals surface area contributed by atoms with Crippen molar-refractivity contribution < 1.29 is 14.9 Å². The molecule has 0 saturated carbocycles. The molecule has 2 aromatic heterocycles. The van der Waals surface area contributed by atoms with Gasteiger partial charge in [0, 0.05) is 6.42 Å². The van der Waals surface area contributed by atoms with Gasteiger partial charge in [-0.3, -0.25) is 9.05 Å². The Balaban J connectivity index is 2.02. The Hall–Kier alpha value is -1.61. The van der Waals surface area contributed by atoms with Crippen LogP contribution in [0.4, 0.5) is 5.82 Å². The van der Waals surface area contributed by atoms with Gasteiger partial charge in [-0.15, -0.1) is 0 Å². The van der Waals surface area contributed by atoms with E-state index in [1.54, 1.807) is 10.9 Å². The number of quaternary nitrogens is 1. The molecule has 3 unspecified atom stereocenters. The minimum absolute atomic E-state index is 0.205. The van der Waals surface area contributed by atoms with Gasteiger partial charge in [0.25, 0.3) is 5.82 Å². The lowest BCUT2D eigenvalue weighted by molar-refractivity contribution is -0.0432. The second-order valence-electron chi connectivity index (χ2n) is 6.15. The SMILES string of the molecule is C[N+](C)(C)c1ncnc2c1ncn2C1CC(O)C(CO)O1. The quantitative estimate of drug-likeness (QED) is 0.753. The Morgan fingerprint density at radius 3 is 2.71 bits per heavy atom. The van der Waals surface area contributed by atoms with Gasteiger partial charge in [-0.1, -0.05) is 0 Å². The molecule has 0 aromatic carbocycles. The topological polar surface area (TPSA) is 93.3 Å². The third-order valence-electron chi connectivity index (χ3n) is 3.67. The van der Waals surface area contributed by atoms with Crippen molar-refractivity contribution in [1.29, 1.82) is 0 Å². The van der Waals surface area contributed by atoms with Crippen molar-refractivity contribution in [1.82, 2.24) is 24.0 Å². The summed E-state index contributed by atoms with van der Waals surface area (Å²) in [4.78, 5) is 13.0. The van der Waals surface area contributed by atoms with Crippen LogP contribution >= 0.6 is 0 Å². The average molecular weight is 294 g/mol. The third kappa shape index (κ3) is 2.40. The minimum Gasteiger partial charge on any atom is -0.394 e. The number of aliphatic hydroxyl groups is 2. The van der Waals surface area contributed by atoms with Crippen molar-refractivity contribution in [2.24, 2.45) is 0 Å². The van der Waals surface area contributed by atoms with E-state index >= 15 is 0 Å². The molecule has 2 N–H and O–H groups in total. The van der Waals surface area contributed by atoms with E-state index in [-0.39, 0.29) is 12.8 Å². The van der Waals surface area contributed by atoms with E-state index < -0.39 is 12.2 Å². The summed E-state index contributed by atoms with van der Waals surface area (Å²) < 4.78 is 7.98. The van der Waals surface area contributed by atoms with Crippen LogP contribution in [0.5, 0.6) is 0 Å². The summed E-state index contributed by atoms with van der Waals surface area (Å²) in [5, 5.41) is 19.0. The fourth-order valence-corrected chi connectivity index (χ4v) is 2.59. The number of ether oxygens (including phenoxy) is 1. The third-order valence-corrected chi connectivity index (χ3v) is 3.67. The highest BCUT2D eigenvalue weighted by atomic mass is 16.5. The van der Waals surface area contributed by atoms with Crippen LogP contribution in [0.1, 0.15) is 12.6 Å². The Bertz CT molecular complexity index is 651. The number of fused-ring (bicyclic) bond motifs is 1. The van der Waals surface area contributed by atoms with Crippen LogP contribution in [-0.4, -0.2) is 69.7 Å². The first kappa shape index (κ1) is 14.3. The lowest BCUT2D eigenvalue weighted by Crippen LogP contribution is -2.36. The fraction of sp³-hybridized carbons (Fsp3) is 0.615.